The summed E-state index contributed by atoms with van der Waals surface area (Å²) < 4.78 is 6.06. The highest BCUT2D eigenvalue weighted by molar-refractivity contribution is 5.95. The molecule has 0 bridgehead atoms. The molecule has 2 aliphatic heterocycles. The number of rotatable bonds is 5. The van der Waals surface area contributed by atoms with Crippen LogP contribution in [0.5, 0.6) is 5.75 Å². The molecule has 2 saturated heterocycles. The molecule has 2 aliphatic rings. The van der Waals surface area contributed by atoms with Crippen LogP contribution in [0.15, 0.2) is 48.5 Å². The highest BCUT2D eigenvalue weighted by atomic mass is 16.5. The van der Waals surface area contributed by atoms with Gasteiger partial charge in [0.25, 0.3) is 11.8 Å². The van der Waals surface area contributed by atoms with Crippen LogP contribution in [0.25, 0.3) is 0 Å². The number of piperidine rings is 2. The van der Waals surface area contributed by atoms with Crippen LogP contribution in [-0.4, -0.2) is 54.4 Å². The standard InChI is InChI=1S/C26H32N2O3/c1-20-10-12-22(13-11-20)25(29)28-16-6-7-21(18-28)19-31-24-9-5-8-23(17-24)26(30)27-14-3-2-4-15-27/h5,8-13,17,21H,2-4,6-7,14-16,18-19H2,1H3/t21-/m0/s1. The summed E-state index contributed by atoms with van der Waals surface area (Å²) in [5.41, 5.74) is 2.60. The Hall–Kier alpha value is -2.82. The molecule has 2 aromatic rings. The van der Waals surface area contributed by atoms with Crippen molar-refractivity contribution in [3.63, 3.8) is 0 Å². The molecule has 1 atom stereocenters. The number of nitrogens with zero attached hydrogens (tertiary/aromatic N) is 2. The fraction of sp³-hybridized carbons (Fsp3) is 0.462. The molecule has 2 fully saturated rings. The maximum absolute atomic E-state index is 12.8. The Morgan fingerprint density at radius 3 is 2.35 bits per heavy atom. The van der Waals surface area contributed by atoms with Crippen molar-refractivity contribution >= 4 is 11.8 Å². The Kier molecular flexibility index (Phi) is 6.90. The first-order chi connectivity index (χ1) is 15.1. The van der Waals surface area contributed by atoms with E-state index in [0.717, 1.165) is 62.2 Å². The summed E-state index contributed by atoms with van der Waals surface area (Å²) >= 11 is 0. The normalized spacial score (nSPS) is 19.2. The third-order valence-electron chi connectivity index (χ3n) is 6.31. The first kappa shape index (κ1) is 21.4. The average Bonchev–Trinajstić information content (AvgIpc) is 2.83. The smallest absolute Gasteiger partial charge is 0.253 e. The quantitative estimate of drug-likeness (QED) is 0.713. The first-order valence-electron chi connectivity index (χ1n) is 11.5. The van der Waals surface area contributed by atoms with Gasteiger partial charge in [-0.15, -0.1) is 0 Å². The van der Waals surface area contributed by atoms with Crippen LogP contribution >= 0.6 is 0 Å². The Balaban J connectivity index is 1.33. The molecule has 5 nitrogen and oxygen atoms in total. The molecular weight excluding hydrogens is 388 g/mol. The molecule has 0 aromatic heterocycles. The number of carbonyl (C=O) groups excluding carboxylic acids is 2. The molecule has 0 aliphatic carbocycles. The average molecular weight is 421 g/mol. The van der Waals surface area contributed by atoms with Crippen LogP contribution in [0.2, 0.25) is 0 Å². The van der Waals surface area contributed by atoms with Crippen molar-refractivity contribution in [1.29, 1.82) is 0 Å². The lowest BCUT2D eigenvalue weighted by molar-refractivity contribution is 0.0631. The van der Waals surface area contributed by atoms with E-state index in [1.54, 1.807) is 0 Å². The highest BCUT2D eigenvalue weighted by Gasteiger charge is 2.25. The molecule has 2 aromatic carbocycles. The van der Waals surface area contributed by atoms with Crippen LogP contribution in [0.1, 0.15) is 58.4 Å². The maximum atomic E-state index is 12.8. The third-order valence-corrected chi connectivity index (χ3v) is 6.31. The number of amides is 2. The highest BCUT2D eigenvalue weighted by Crippen LogP contribution is 2.22. The van der Waals surface area contributed by atoms with Crippen molar-refractivity contribution in [3.8, 4) is 5.75 Å². The first-order valence-corrected chi connectivity index (χ1v) is 11.5. The number of hydrogen-bond donors (Lipinski definition) is 0. The van der Waals surface area contributed by atoms with Crippen molar-refractivity contribution in [3.05, 3.63) is 65.2 Å². The molecule has 0 N–H and O–H groups in total. The van der Waals surface area contributed by atoms with E-state index in [4.69, 9.17) is 4.74 Å². The second kappa shape index (κ2) is 9.99. The van der Waals surface area contributed by atoms with E-state index in [-0.39, 0.29) is 11.8 Å². The number of aryl methyl sites for hydroxylation is 1. The van der Waals surface area contributed by atoms with Gasteiger partial charge in [-0.05, 0) is 69.4 Å². The second-order valence-electron chi connectivity index (χ2n) is 8.82. The SMILES string of the molecule is Cc1ccc(C(=O)N2CCC[C@H](COc3cccc(C(=O)N4CCCCC4)c3)C2)cc1. The lowest BCUT2D eigenvalue weighted by Gasteiger charge is -2.32. The topological polar surface area (TPSA) is 49.9 Å². The molecule has 2 heterocycles. The van der Waals surface area contributed by atoms with Gasteiger partial charge in [0.1, 0.15) is 5.75 Å². The molecule has 4 rings (SSSR count). The Morgan fingerprint density at radius 2 is 1.58 bits per heavy atom. The number of benzene rings is 2. The zero-order valence-electron chi connectivity index (χ0n) is 18.4. The largest absolute Gasteiger partial charge is 0.493 e. The monoisotopic (exact) mass is 420 g/mol. The van der Waals surface area contributed by atoms with Crippen LogP contribution in [0, 0.1) is 12.8 Å². The van der Waals surface area contributed by atoms with Gasteiger partial charge >= 0.3 is 0 Å². The molecule has 0 radical (unpaired) electrons. The summed E-state index contributed by atoms with van der Waals surface area (Å²) in [6.45, 7) is 5.77. The molecule has 0 saturated carbocycles. The van der Waals surface area contributed by atoms with Gasteiger partial charge in [0.05, 0.1) is 6.61 Å². The number of carbonyl (C=O) groups is 2. The van der Waals surface area contributed by atoms with Crippen LogP contribution in [-0.2, 0) is 0 Å². The van der Waals surface area contributed by atoms with Crippen molar-refractivity contribution in [1.82, 2.24) is 9.80 Å². The maximum Gasteiger partial charge on any atom is 0.253 e. The Labute approximate surface area is 185 Å². The molecule has 2 amide bonds. The van der Waals surface area contributed by atoms with Gasteiger partial charge in [0.2, 0.25) is 0 Å². The zero-order chi connectivity index (χ0) is 21.6. The lowest BCUT2D eigenvalue weighted by atomic mass is 9.98. The van der Waals surface area contributed by atoms with Crippen LogP contribution in [0.3, 0.4) is 0 Å². The fourth-order valence-electron chi connectivity index (χ4n) is 4.48. The summed E-state index contributed by atoms with van der Waals surface area (Å²) in [6, 6.07) is 15.3. The summed E-state index contributed by atoms with van der Waals surface area (Å²) in [4.78, 5) is 29.5. The van der Waals surface area contributed by atoms with Crippen molar-refractivity contribution in [2.45, 2.75) is 39.0 Å². The Morgan fingerprint density at radius 1 is 0.871 bits per heavy atom. The van der Waals surface area contributed by atoms with E-state index in [9.17, 15) is 9.59 Å². The van der Waals surface area contributed by atoms with Gasteiger partial charge in [-0.1, -0.05) is 23.8 Å². The van der Waals surface area contributed by atoms with E-state index in [1.807, 2.05) is 65.3 Å². The zero-order valence-corrected chi connectivity index (χ0v) is 18.4. The molecule has 0 unspecified atom stereocenters. The van der Waals surface area contributed by atoms with Crippen LogP contribution in [0.4, 0.5) is 0 Å². The molecule has 0 spiro atoms. The number of ether oxygens (including phenoxy) is 1. The lowest BCUT2D eigenvalue weighted by Crippen LogP contribution is -2.41. The fourth-order valence-corrected chi connectivity index (χ4v) is 4.48. The predicted molar refractivity (Wildman–Crippen MR) is 121 cm³/mol. The predicted octanol–water partition coefficient (Wildman–Crippen LogP) is 4.55. The molecular formula is C26H32N2O3. The van der Waals surface area contributed by atoms with Gasteiger partial charge in [-0.3, -0.25) is 9.59 Å². The van der Waals surface area contributed by atoms with Gasteiger partial charge in [0, 0.05) is 43.2 Å². The summed E-state index contributed by atoms with van der Waals surface area (Å²) in [5.74, 6) is 1.21. The van der Waals surface area contributed by atoms with E-state index in [1.165, 1.54) is 6.42 Å². The minimum atomic E-state index is 0.0951. The summed E-state index contributed by atoms with van der Waals surface area (Å²) in [6.07, 6.45) is 5.41. The number of hydrogen-bond acceptors (Lipinski definition) is 3. The molecule has 164 valence electrons. The van der Waals surface area contributed by atoms with Gasteiger partial charge in [-0.2, -0.15) is 0 Å². The van der Waals surface area contributed by atoms with Gasteiger partial charge in [0.15, 0.2) is 0 Å². The van der Waals surface area contributed by atoms with Gasteiger partial charge < -0.3 is 14.5 Å². The summed E-state index contributed by atoms with van der Waals surface area (Å²) in [7, 11) is 0. The van der Waals surface area contributed by atoms with E-state index in [2.05, 4.69) is 0 Å². The minimum Gasteiger partial charge on any atom is -0.493 e. The van der Waals surface area contributed by atoms with Crippen molar-refractivity contribution < 1.29 is 14.3 Å². The second-order valence-corrected chi connectivity index (χ2v) is 8.82. The van der Waals surface area contributed by atoms with Gasteiger partial charge in [-0.25, -0.2) is 0 Å². The summed E-state index contributed by atoms with van der Waals surface area (Å²) in [5, 5.41) is 0. The van der Waals surface area contributed by atoms with Crippen molar-refractivity contribution in [2.24, 2.45) is 5.92 Å². The molecule has 5 heteroatoms. The number of likely N-dealkylation sites (tertiary alicyclic amines) is 2. The Bertz CT molecular complexity index is 903. The van der Waals surface area contributed by atoms with Crippen molar-refractivity contribution in [2.75, 3.05) is 32.8 Å². The van der Waals surface area contributed by atoms with E-state index < -0.39 is 0 Å². The third kappa shape index (κ3) is 5.46. The van der Waals surface area contributed by atoms with E-state index >= 15 is 0 Å². The van der Waals surface area contributed by atoms with E-state index in [0.29, 0.717) is 24.6 Å². The minimum absolute atomic E-state index is 0.0951. The molecule has 31 heavy (non-hydrogen) atoms. The van der Waals surface area contributed by atoms with Crippen LogP contribution < -0.4 is 4.74 Å².